The molecule has 7 heavy (non-hydrogen) atoms. The molecule has 0 aliphatic heterocycles. The normalized spacial score (nSPS) is 2.29. The Morgan fingerprint density at radius 1 is 1.29 bits per heavy atom. The molecule has 0 radical (unpaired) electrons. The first-order valence-corrected chi connectivity index (χ1v) is 1.12. The van der Waals surface area contributed by atoms with Crippen LogP contribution in [0.4, 0.5) is 0 Å². The second kappa shape index (κ2) is 26.9. The van der Waals surface area contributed by atoms with Gasteiger partial charge in [0.25, 0.3) is 0 Å². The molecule has 0 aliphatic rings. The number of rotatable bonds is 0. The van der Waals surface area contributed by atoms with Crippen molar-refractivity contribution in [2.45, 2.75) is 6.92 Å². The zero-order chi connectivity index (χ0) is 3.41. The van der Waals surface area contributed by atoms with Gasteiger partial charge in [0.2, 0.25) is 0 Å². The van der Waals surface area contributed by atoms with Crippen molar-refractivity contribution >= 4 is 0 Å². The van der Waals surface area contributed by atoms with E-state index in [1.54, 1.807) is 13.3 Å². The minimum Gasteiger partial charge on any atom is -0.729 e. The van der Waals surface area contributed by atoms with Crippen LogP contribution >= 0.6 is 0 Å². The summed E-state index contributed by atoms with van der Waals surface area (Å²) in [5, 5.41) is 0. The summed E-state index contributed by atoms with van der Waals surface area (Å²) in [7, 11) is 0. The Labute approximate surface area is 81.7 Å². The molecule has 0 bridgehead atoms. The Hall–Kier alpha value is 1.22. The molecule has 0 aliphatic carbocycles. The Morgan fingerprint density at radius 3 is 1.43 bits per heavy atom. The van der Waals surface area contributed by atoms with Crippen molar-refractivity contribution in [2.24, 2.45) is 0 Å². The maximum Gasteiger partial charge on any atom is 1.00 e. The van der Waals surface area contributed by atoms with Crippen LogP contribution < -0.4 is 56.6 Å². The summed E-state index contributed by atoms with van der Waals surface area (Å²) >= 11 is 0. The second-order valence-corrected chi connectivity index (χ2v) is 0.433. The van der Waals surface area contributed by atoms with E-state index in [1.807, 2.05) is 0 Å². The van der Waals surface area contributed by atoms with Gasteiger partial charge in [0, 0.05) is 0 Å². The van der Waals surface area contributed by atoms with Gasteiger partial charge >= 0.3 is 56.6 Å². The van der Waals surface area contributed by atoms with Crippen LogP contribution in [0, 0.1) is 18.8 Å². The summed E-state index contributed by atoms with van der Waals surface area (Å²) in [5.41, 5.74) is 0. The van der Waals surface area contributed by atoms with Gasteiger partial charge in [-0.25, -0.2) is 0 Å². The average molecular weight is 72.9 g/mol. The molecule has 0 spiro atoms. The topological polar surface area (TPSA) is 0 Å². The second-order valence-electron chi connectivity index (χ2n) is 0.433. The maximum absolute atomic E-state index is 6.15. The Balaban J connectivity index is -0.0000000150. The van der Waals surface area contributed by atoms with Gasteiger partial charge < -0.3 is 18.8 Å². The Bertz CT molecular complexity index is 36.7. The monoisotopic (exact) mass is 73.1 g/mol. The van der Waals surface area contributed by atoms with Gasteiger partial charge in [-0.3, -0.25) is 0 Å². The molecule has 0 fully saturated rings. The van der Waals surface area contributed by atoms with E-state index in [0.717, 1.165) is 0 Å². The number of hydrogen-bond acceptors (Lipinski definition) is 0. The molecular formula is C4H4Li3+. The molecule has 22 valence electrons. The molecule has 0 atom stereocenters. The van der Waals surface area contributed by atoms with Crippen LogP contribution in [0.5, 0.6) is 0 Å². The summed E-state index contributed by atoms with van der Waals surface area (Å²) in [6.07, 6.45) is 7.69. The van der Waals surface area contributed by atoms with Crippen molar-refractivity contribution in [1.82, 2.24) is 0 Å². The summed E-state index contributed by atoms with van der Waals surface area (Å²) in [5.74, 6) is 2.06. The van der Waals surface area contributed by atoms with Gasteiger partial charge in [-0.05, 0) is 0 Å². The largest absolute Gasteiger partial charge is 1.00 e. The summed E-state index contributed by atoms with van der Waals surface area (Å²) in [6.45, 7) is 1.76. The fraction of sp³-hybridized carbons (Fsp3) is 0.250. The quantitative estimate of drug-likeness (QED) is 0.152. The fourth-order valence-corrected chi connectivity index (χ4v) is 0. The molecule has 0 aromatic rings. The van der Waals surface area contributed by atoms with E-state index in [1.165, 1.54) is 0 Å². The minimum absolute atomic E-state index is 0. The summed E-state index contributed by atoms with van der Waals surface area (Å²) < 4.78 is 0. The summed E-state index contributed by atoms with van der Waals surface area (Å²) in [4.78, 5) is 0. The van der Waals surface area contributed by atoms with Crippen molar-refractivity contribution in [2.75, 3.05) is 0 Å². The van der Waals surface area contributed by atoms with Crippen LogP contribution in [0.2, 0.25) is 0 Å². The molecule has 0 aromatic heterocycles. The molecule has 0 unspecified atom stereocenters. The van der Waals surface area contributed by atoms with Crippen molar-refractivity contribution in [3.63, 3.8) is 0 Å². The molecule has 0 saturated carbocycles. The molecular weight excluding hydrogens is 68.9 g/mol. The first-order chi connectivity index (χ1) is 1.91. The van der Waals surface area contributed by atoms with Gasteiger partial charge in [-0.15, -0.1) is 0 Å². The molecule has 0 nitrogen and oxygen atoms in total. The van der Waals surface area contributed by atoms with Crippen LogP contribution in [-0.4, -0.2) is 0 Å². The minimum atomic E-state index is 0. The van der Waals surface area contributed by atoms with Crippen LogP contribution in [0.1, 0.15) is 6.92 Å². The molecule has 3 heteroatoms. The van der Waals surface area contributed by atoms with Crippen LogP contribution in [-0.2, 0) is 0 Å². The van der Waals surface area contributed by atoms with Crippen molar-refractivity contribution < 1.29 is 56.6 Å². The predicted octanol–water partition coefficient (Wildman–Crippen LogP) is -8.19. The van der Waals surface area contributed by atoms with E-state index in [9.17, 15) is 0 Å². The molecule has 0 saturated heterocycles. The fourth-order valence-electron chi connectivity index (χ4n) is 0. The number of hydrogen-bond donors (Lipinski definition) is 0. The van der Waals surface area contributed by atoms with E-state index in [4.69, 9.17) is 6.42 Å². The van der Waals surface area contributed by atoms with E-state index in [2.05, 4.69) is 5.92 Å². The standard InChI is InChI=1S/C4H4.3Li/c1-3-4-2;;;/h3H,1H3;;;/q-2;3*+1. The first kappa shape index (κ1) is 24.1. The molecule has 0 heterocycles. The average Bonchev–Trinajstić information content (AvgIpc) is 1.37. The van der Waals surface area contributed by atoms with E-state index < -0.39 is 0 Å². The molecule has 0 amide bonds. The van der Waals surface area contributed by atoms with Crippen LogP contribution in [0.25, 0.3) is 0 Å². The Morgan fingerprint density at radius 2 is 1.43 bits per heavy atom. The van der Waals surface area contributed by atoms with Gasteiger partial charge in [0.15, 0.2) is 0 Å². The van der Waals surface area contributed by atoms with E-state index >= 15 is 0 Å². The third-order valence-electron chi connectivity index (χ3n) is 0.144. The van der Waals surface area contributed by atoms with Crippen LogP contribution in [0.15, 0.2) is 0 Å². The zero-order valence-electron chi connectivity index (χ0n) is 5.58. The molecule has 0 aromatic carbocycles. The third kappa shape index (κ3) is 39.9. The van der Waals surface area contributed by atoms with Gasteiger partial charge in [-0.1, -0.05) is 0 Å². The maximum atomic E-state index is 6.15. The van der Waals surface area contributed by atoms with Crippen molar-refractivity contribution in [1.29, 1.82) is 0 Å². The molecule has 0 N–H and O–H groups in total. The third-order valence-corrected chi connectivity index (χ3v) is 0.144. The van der Waals surface area contributed by atoms with Crippen molar-refractivity contribution in [3.05, 3.63) is 12.8 Å². The van der Waals surface area contributed by atoms with Crippen LogP contribution in [0.3, 0.4) is 0 Å². The zero-order valence-corrected chi connectivity index (χ0v) is 5.58. The van der Waals surface area contributed by atoms with Gasteiger partial charge in [0.05, 0.1) is 0 Å². The Kier molecular flexibility index (Phi) is 92.6. The predicted molar refractivity (Wildman–Crippen MR) is 17.1 cm³/mol. The first-order valence-electron chi connectivity index (χ1n) is 1.12. The SMILES string of the molecule is [C-]#C[CH-]C.[Li+].[Li+].[Li+]. The van der Waals surface area contributed by atoms with Gasteiger partial charge in [-0.2, -0.15) is 6.92 Å². The van der Waals surface area contributed by atoms with E-state index in [0.29, 0.717) is 0 Å². The summed E-state index contributed by atoms with van der Waals surface area (Å²) in [6, 6.07) is 0. The smallest absolute Gasteiger partial charge is 0.729 e. The van der Waals surface area contributed by atoms with Gasteiger partial charge in [0.1, 0.15) is 0 Å². The van der Waals surface area contributed by atoms with Crippen molar-refractivity contribution in [3.8, 4) is 5.92 Å². The van der Waals surface area contributed by atoms with E-state index in [-0.39, 0.29) is 56.6 Å². The molecule has 0 rings (SSSR count).